The van der Waals surface area contributed by atoms with Gasteiger partial charge in [0.1, 0.15) is 5.75 Å². The van der Waals surface area contributed by atoms with Crippen LogP contribution >= 0.6 is 0 Å². The van der Waals surface area contributed by atoms with Crippen molar-refractivity contribution in [3.8, 4) is 17.1 Å². The highest BCUT2D eigenvalue weighted by Gasteiger charge is 2.27. The molecule has 164 valence electrons. The van der Waals surface area contributed by atoms with Gasteiger partial charge in [-0.05, 0) is 43.2 Å². The zero-order chi connectivity index (χ0) is 20.6. The fraction of sp³-hybridized carbons (Fsp3) is 0.500. The number of hydrogen-bond donors (Lipinski definition) is 2. The maximum absolute atomic E-state index is 5.95. The lowest BCUT2D eigenvalue weighted by molar-refractivity contribution is -0.547. The Kier molecular flexibility index (Phi) is 9.17. The van der Waals surface area contributed by atoms with Gasteiger partial charge >= 0.3 is 5.96 Å². The normalized spacial score (nSPS) is 15.3. The van der Waals surface area contributed by atoms with Gasteiger partial charge in [0.25, 0.3) is 5.89 Å². The number of halogens is 1. The van der Waals surface area contributed by atoms with Crippen molar-refractivity contribution >= 4 is 5.96 Å². The number of nitrogens with zero attached hydrogens (tertiary/aromatic N) is 3. The third kappa shape index (κ3) is 5.98. The summed E-state index contributed by atoms with van der Waals surface area (Å²) in [6.07, 6.45) is 11.5. The summed E-state index contributed by atoms with van der Waals surface area (Å²) >= 11 is 0. The Morgan fingerprint density at radius 1 is 1.20 bits per heavy atom. The molecule has 1 atom stereocenters. The van der Waals surface area contributed by atoms with E-state index in [4.69, 9.17) is 20.7 Å². The van der Waals surface area contributed by atoms with Crippen molar-refractivity contribution in [1.29, 1.82) is 0 Å². The lowest BCUT2D eigenvalue weighted by Crippen LogP contribution is -3.00. The van der Waals surface area contributed by atoms with Crippen molar-refractivity contribution in [1.82, 2.24) is 10.1 Å². The Balaban J connectivity index is 0.00000320. The van der Waals surface area contributed by atoms with Crippen LogP contribution in [0.5, 0.6) is 5.75 Å². The quantitative estimate of drug-likeness (QED) is 0.247. The molecule has 2 heterocycles. The molecule has 1 aromatic heterocycles. The zero-order valence-corrected chi connectivity index (χ0v) is 18.6. The van der Waals surface area contributed by atoms with Crippen LogP contribution in [0.1, 0.15) is 62.9 Å². The van der Waals surface area contributed by atoms with E-state index in [1.165, 1.54) is 32.1 Å². The molecular weight excluding hydrogens is 402 g/mol. The molecule has 0 aliphatic carbocycles. The average Bonchev–Trinajstić information content (AvgIpc) is 3.37. The molecule has 1 aliphatic rings. The summed E-state index contributed by atoms with van der Waals surface area (Å²) < 4.78 is 13.2. The van der Waals surface area contributed by atoms with Crippen LogP contribution < -0.4 is 28.6 Å². The number of guanidine groups is 1. The minimum absolute atomic E-state index is 0. The van der Waals surface area contributed by atoms with Crippen molar-refractivity contribution in [3.05, 3.63) is 41.8 Å². The molecule has 0 bridgehead atoms. The summed E-state index contributed by atoms with van der Waals surface area (Å²) in [7, 11) is 0. The van der Waals surface area contributed by atoms with E-state index in [0.717, 1.165) is 29.9 Å². The monoisotopic (exact) mass is 433 g/mol. The minimum Gasteiger partial charge on any atom is -1.00 e. The van der Waals surface area contributed by atoms with E-state index in [-0.39, 0.29) is 24.4 Å². The van der Waals surface area contributed by atoms with Crippen molar-refractivity contribution < 1.29 is 26.2 Å². The third-order valence-electron chi connectivity index (χ3n) is 5.17. The number of nitrogens with two attached hydrogens (primary N) is 2. The number of rotatable bonds is 10. The molecule has 30 heavy (non-hydrogen) atoms. The summed E-state index contributed by atoms with van der Waals surface area (Å²) in [5, 5.41) is 4.13. The highest BCUT2D eigenvalue weighted by molar-refractivity contribution is 5.70. The molecule has 1 aromatic carbocycles. The van der Waals surface area contributed by atoms with Gasteiger partial charge in [-0.1, -0.05) is 50.3 Å². The molecule has 0 unspecified atom stereocenters. The van der Waals surface area contributed by atoms with Crippen LogP contribution in [0.15, 0.2) is 34.9 Å². The van der Waals surface area contributed by atoms with Crippen molar-refractivity contribution in [2.24, 2.45) is 11.5 Å². The highest BCUT2D eigenvalue weighted by Crippen LogP contribution is 2.27. The minimum atomic E-state index is -0.220. The first kappa shape index (κ1) is 23.7. The second-order valence-electron chi connectivity index (χ2n) is 7.50. The summed E-state index contributed by atoms with van der Waals surface area (Å²) in [5.41, 5.74) is 13.4. The number of unbranched alkanes of at least 4 members (excludes halogenated alkanes) is 5. The van der Waals surface area contributed by atoms with Crippen LogP contribution in [0.2, 0.25) is 0 Å². The zero-order valence-electron chi connectivity index (χ0n) is 17.8. The molecule has 0 radical (unpaired) electrons. The maximum Gasteiger partial charge on any atom is 0.342 e. The number of aromatic nitrogens is 2. The van der Waals surface area contributed by atoms with E-state index in [2.05, 4.69) is 17.1 Å². The first-order chi connectivity index (χ1) is 14.1. The van der Waals surface area contributed by atoms with Gasteiger partial charge in [-0.3, -0.25) is 11.5 Å². The van der Waals surface area contributed by atoms with Gasteiger partial charge < -0.3 is 21.7 Å². The van der Waals surface area contributed by atoms with Crippen LogP contribution in [-0.4, -0.2) is 33.8 Å². The van der Waals surface area contributed by atoms with Crippen molar-refractivity contribution in [3.63, 3.8) is 0 Å². The smallest absolute Gasteiger partial charge is 0.342 e. The molecule has 3 rings (SSSR count). The first-order valence-electron chi connectivity index (χ1n) is 10.5. The van der Waals surface area contributed by atoms with Crippen LogP contribution in [0.4, 0.5) is 0 Å². The first-order valence-corrected chi connectivity index (χ1v) is 10.5. The van der Waals surface area contributed by atoms with Gasteiger partial charge in [0.15, 0.2) is 6.04 Å². The largest absolute Gasteiger partial charge is 1.00 e. The standard InChI is InChI=1S/C22H31N5O2.ClH/c1-3-4-5-6-7-8-14-28-19-12-11-17(15-16(19)2)20-25-21(29-26-20)18-10-9-13-27(18)22(23)24;/h9-12,15,18H,3-8,13-14H2,1-2H3,(H3,23,24);1H/t18-;/m0./s1. The van der Waals surface area contributed by atoms with E-state index in [0.29, 0.717) is 18.3 Å². The fourth-order valence-electron chi connectivity index (χ4n) is 3.49. The molecule has 0 fully saturated rings. The van der Waals surface area contributed by atoms with Crippen LogP contribution in [0.25, 0.3) is 11.4 Å². The third-order valence-corrected chi connectivity index (χ3v) is 5.17. The second-order valence-corrected chi connectivity index (χ2v) is 7.50. The Hall–Kier alpha value is -2.54. The second kappa shape index (κ2) is 11.6. The van der Waals surface area contributed by atoms with E-state index in [1.54, 1.807) is 0 Å². The molecule has 8 heteroatoms. The number of aryl methyl sites for hydroxylation is 1. The molecule has 0 amide bonds. The number of hydrogen-bond acceptors (Lipinski definition) is 4. The van der Waals surface area contributed by atoms with Gasteiger partial charge in [-0.2, -0.15) is 4.98 Å². The predicted molar refractivity (Wildman–Crippen MR) is 114 cm³/mol. The van der Waals surface area contributed by atoms with Crippen LogP contribution in [-0.2, 0) is 0 Å². The van der Waals surface area contributed by atoms with E-state index in [1.807, 2.05) is 41.9 Å². The van der Waals surface area contributed by atoms with Gasteiger partial charge in [0.2, 0.25) is 5.82 Å². The molecular formula is C22H32ClN5O2. The molecule has 0 saturated heterocycles. The maximum atomic E-state index is 5.95. The average molecular weight is 434 g/mol. The Labute approximate surface area is 184 Å². The summed E-state index contributed by atoms with van der Waals surface area (Å²) in [5.74, 6) is 2.16. The molecule has 2 aromatic rings. The molecule has 7 nitrogen and oxygen atoms in total. The lowest BCUT2D eigenvalue weighted by atomic mass is 10.1. The summed E-state index contributed by atoms with van der Waals surface area (Å²) in [6.45, 7) is 5.65. The molecule has 0 spiro atoms. The van der Waals surface area contributed by atoms with Crippen molar-refractivity contribution in [2.45, 2.75) is 58.4 Å². The van der Waals surface area contributed by atoms with Gasteiger partial charge in [0.05, 0.1) is 13.2 Å². The van der Waals surface area contributed by atoms with Crippen LogP contribution in [0.3, 0.4) is 0 Å². The molecule has 0 saturated carbocycles. The van der Waals surface area contributed by atoms with Crippen molar-refractivity contribution in [2.75, 3.05) is 13.2 Å². The van der Waals surface area contributed by atoms with Gasteiger partial charge in [0, 0.05) is 5.56 Å². The molecule has 4 N–H and O–H groups in total. The topological polar surface area (TPSA) is 103 Å². The SMILES string of the molecule is CCCCCCCCOc1ccc(-c2noc([C@@H]3C=CC[N+]3=C(N)N)n2)cc1C.[Cl-]. The highest BCUT2D eigenvalue weighted by atomic mass is 35.5. The van der Waals surface area contributed by atoms with E-state index in [9.17, 15) is 0 Å². The van der Waals surface area contributed by atoms with E-state index < -0.39 is 0 Å². The molecule has 1 aliphatic heterocycles. The van der Waals surface area contributed by atoms with Gasteiger partial charge in [-0.25, -0.2) is 4.58 Å². The van der Waals surface area contributed by atoms with E-state index >= 15 is 0 Å². The Bertz CT molecular complexity index is 874. The predicted octanol–water partition coefficient (Wildman–Crippen LogP) is 0.685. The lowest BCUT2D eigenvalue weighted by Gasteiger charge is -2.10. The Morgan fingerprint density at radius 3 is 2.70 bits per heavy atom. The van der Waals surface area contributed by atoms with Crippen LogP contribution in [0, 0.1) is 6.92 Å². The van der Waals surface area contributed by atoms with Gasteiger partial charge in [-0.15, -0.1) is 0 Å². The fourth-order valence-corrected chi connectivity index (χ4v) is 3.49. The number of benzene rings is 1. The number of ether oxygens (including phenoxy) is 1. The summed E-state index contributed by atoms with van der Waals surface area (Å²) in [4.78, 5) is 4.54. The summed E-state index contributed by atoms with van der Waals surface area (Å²) in [6, 6.07) is 5.74. The Morgan fingerprint density at radius 2 is 1.97 bits per heavy atom.